The van der Waals surface area contributed by atoms with E-state index in [-0.39, 0.29) is 10.6 Å². The molecule has 1 aliphatic carbocycles. The molecule has 128 valence electrons. The first kappa shape index (κ1) is 17.0. The highest BCUT2D eigenvalue weighted by Gasteiger charge is 2.48. The van der Waals surface area contributed by atoms with Crippen LogP contribution in [-0.4, -0.2) is 21.4 Å². The highest BCUT2D eigenvalue weighted by Crippen LogP contribution is 2.50. The molecular weight excluding hydrogens is 298 g/mol. The van der Waals surface area contributed by atoms with E-state index in [1.54, 1.807) is 0 Å². The van der Waals surface area contributed by atoms with E-state index in [4.69, 9.17) is 4.43 Å². The van der Waals surface area contributed by atoms with Gasteiger partial charge in [-0.2, -0.15) is 0 Å². The quantitative estimate of drug-likeness (QED) is 0.657. The zero-order valence-electron chi connectivity index (χ0n) is 15.6. The predicted octanol–water partition coefficient (Wildman–Crippen LogP) is 5.69. The lowest BCUT2D eigenvalue weighted by atomic mass is 9.75. The normalized spacial score (nSPS) is 21.3. The summed E-state index contributed by atoms with van der Waals surface area (Å²) in [6.07, 6.45) is 6.33. The van der Waals surface area contributed by atoms with Crippen LogP contribution in [0.5, 0.6) is 0 Å². The second kappa shape index (κ2) is 5.93. The Labute approximate surface area is 143 Å². The molecule has 3 heteroatoms. The summed E-state index contributed by atoms with van der Waals surface area (Å²) in [5.74, 6) is 0. The topological polar surface area (TPSA) is 12.5 Å². The number of benzene rings is 1. The number of hydrogen-bond donors (Lipinski definition) is 0. The van der Waals surface area contributed by atoms with Gasteiger partial charge in [-0.15, -0.1) is 0 Å². The van der Waals surface area contributed by atoms with Crippen molar-refractivity contribution >= 4 is 14.0 Å². The molecular formula is C20H33NOSi. The summed E-state index contributed by atoms with van der Waals surface area (Å²) in [4.78, 5) is 2.51. The Morgan fingerprint density at radius 1 is 0.957 bits per heavy atom. The first-order valence-electron chi connectivity index (χ1n) is 9.29. The molecule has 1 aromatic carbocycles. The molecule has 0 radical (unpaired) electrons. The van der Waals surface area contributed by atoms with Crippen molar-refractivity contribution in [1.29, 1.82) is 0 Å². The first-order valence-corrected chi connectivity index (χ1v) is 12.2. The van der Waals surface area contributed by atoms with Gasteiger partial charge in [0, 0.05) is 18.8 Å². The molecule has 1 aliphatic heterocycles. The molecule has 2 aliphatic rings. The Morgan fingerprint density at radius 3 is 1.96 bits per heavy atom. The van der Waals surface area contributed by atoms with Crippen LogP contribution >= 0.6 is 0 Å². The zero-order chi connectivity index (χ0) is 16.7. The van der Waals surface area contributed by atoms with E-state index in [9.17, 15) is 0 Å². The molecule has 0 spiro atoms. The van der Waals surface area contributed by atoms with E-state index in [2.05, 4.69) is 63.0 Å². The smallest absolute Gasteiger partial charge is 0.193 e. The fourth-order valence-electron chi connectivity index (χ4n) is 3.54. The van der Waals surface area contributed by atoms with Crippen LogP contribution in [0, 0.1) is 0 Å². The molecule has 23 heavy (non-hydrogen) atoms. The van der Waals surface area contributed by atoms with Crippen molar-refractivity contribution in [2.75, 3.05) is 18.0 Å². The van der Waals surface area contributed by atoms with Gasteiger partial charge in [-0.3, -0.25) is 0 Å². The van der Waals surface area contributed by atoms with Crippen molar-refractivity contribution in [3.05, 3.63) is 29.8 Å². The summed E-state index contributed by atoms with van der Waals surface area (Å²) in [6, 6.07) is 9.30. The first-order chi connectivity index (χ1) is 10.7. The van der Waals surface area contributed by atoms with Gasteiger partial charge in [-0.1, -0.05) is 32.9 Å². The zero-order valence-corrected chi connectivity index (χ0v) is 16.6. The van der Waals surface area contributed by atoms with Crippen molar-refractivity contribution in [1.82, 2.24) is 0 Å². The van der Waals surface area contributed by atoms with Crippen molar-refractivity contribution in [3.8, 4) is 0 Å². The lowest BCUT2D eigenvalue weighted by molar-refractivity contribution is -0.0252. The summed E-state index contributed by atoms with van der Waals surface area (Å²) in [7, 11) is -1.74. The van der Waals surface area contributed by atoms with Crippen LogP contribution in [-0.2, 0) is 10.0 Å². The van der Waals surface area contributed by atoms with Crippen molar-refractivity contribution < 1.29 is 4.43 Å². The van der Waals surface area contributed by atoms with Gasteiger partial charge >= 0.3 is 0 Å². The van der Waals surface area contributed by atoms with Gasteiger partial charge in [-0.05, 0) is 67.9 Å². The van der Waals surface area contributed by atoms with E-state index in [0.717, 1.165) is 0 Å². The fraction of sp³-hybridized carbons (Fsp3) is 0.700. The molecule has 0 aromatic heterocycles. The maximum absolute atomic E-state index is 6.90. The van der Waals surface area contributed by atoms with E-state index in [1.807, 2.05) is 0 Å². The lowest BCUT2D eigenvalue weighted by Crippen LogP contribution is -2.51. The Balaban J connectivity index is 1.80. The van der Waals surface area contributed by atoms with Crippen LogP contribution in [0.2, 0.25) is 18.1 Å². The molecule has 2 nitrogen and oxygen atoms in total. The van der Waals surface area contributed by atoms with Gasteiger partial charge in [-0.25, -0.2) is 0 Å². The Morgan fingerprint density at radius 2 is 1.52 bits per heavy atom. The molecule has 1 saturated carbocycles. The Bertz CT molecular complexity index is 534. The SMILES string of the molecule is CC(C)(C)[Si](C)(C)OC1(c2ccc(N3CCCC3)cc2)CCC1. The van der Waals surface area contributed by atoms with Crippen molar-refractivity contribution in [2.45, 2.75) is 76.6 Å². The van der Waals surface area contributed by atoms with Crippen molar-refractivity contribution in [2.24, 2.45) is 0 Å². The number of nitrogens with zero attached hydrogens (tertiary/aromatic N) is 1. The van der Waals surface area contributed by atoms with Gasteiger partial charge in [0.05, 0.1) is 5.60 Å². The van der Waals surface area contributed by atoms with Gasteiger partial charge < -0.3 is 9.33 Å². The number of hydrogen-bond acceptors (Lipinski definition) is 2. The minimum atomic E-state index is -1.74. The summed E-state index contributed by atoms with van der Waals surface area (Å²) >= 11 is 0. The third-order valence-electron chi connectivity index (χ3n) is 6.28. The largest absolute Gasteiger partial charge is 0.407 e. The van der Waals surface area contributed by atoms with Crippen LogP contribution in [0.25, 0.3) is 0 Å². The highest BCUT2D eigenvalue weighted by atomic mass is 28.4. The lowest BCUT2D eigenvalue weighted by Gasteiger charge is -2.50. The molecule has 1 aromatic rings. The van der Waals surface area contributed by atoms with Gasteiger partial charge in [0.15, 0.2) is 8.32 Å². The Hall–Kier alpha value is -0.803. The van der Waals surface area contributed by atoms with E-state index < -0.39 is 8.32 Å². The average Bonchev–Trinajstić information content (AvgIpc) is 2.96. The van der Waals surface area contributed by atoms with Gasteiger partial charge in [0.2, 0.25) is 0 Å². The number of anilines is 1. The van der Waals surface area contributed by atoms with Crippen LogP contribution < -0.4 is 4.90 Å². The minimum Gasteiger partial charge on any atom is -0.407 e. The van der Waals surface area contributed by atoms with Crippen molar-refractivity contribution in [3.63, 3.8) is 0 Å². The third kappa shape index (κ3) is 3.23. The third-order valence-corrected chi connectivity index (χ3v) is 10.8. The highest BCUT2D eigenvalue weighted by molar-refractivity contribution is 6.74. The summed E-state index contributed by atoms with van der Waals surface area (Å²) < 4.78 is 6.90. The van der Waals surface area contributed by atoms with Gasteiger partial charge in [0.25, 0.3) is 0 Å². The summed E-state index contributed by atoms with van der Waals surface area (Å²) in [5.41, 5.74) is 2.77. The monoisotopic (exact) mass is 331 g/mol. The van der Waals surface area contributed by atoms with Gasteiger partial charge in [0.1, 0.15) is 0 Å². The summed E-state index contributed by atoms with van der Waals surface area (Å²) in [5, 5.41) is 0.269. The van der Waals surface area contributed by atoms with E-state index in [1.165, 1.54) is 56.4 Å². The Kier molecular flexibility index (Phi) is 4.39. The molecule has 2 fully saturated rings. The maximum Gasteiger partial charge on any atom is 0.193 e. The minimum absolute atomic E-state index is 0.00740. The van der Waals surface area contributed by atoms with E-state index in [0.29, 0.717) is 0 Å². The maximum atomic E-state index is 6.90. The summed E-state index contributed by atoms with van der Waals surface area (Å²) in [6.45, 7) is 14.2. The van der Waals surface area contributed by atoms with Crippen LogP contribution in [0.3, 0.4) is 0 Å². The molecule has 0 atom stereocenters. The van der Waals surface area contributed by atoms with Crippen LogP contribution in [0.1, 0.15) is 58.4 Å². The van der Waals surface area contributed by atoms with Crippen LogP contribution in [0.4, 0.5) is 5.69 Å². The molecule has 0 N–H and O–H groups in total. The second-order valence-corrected chi connectivity index (χ2v) is 13.7. The second-order valence-electron chi connectivity index (χ2n) is 8.95. The fourth-order valence-corrected chi connectivity index (χ4v) is 5.15. The molecule has 1 heterocycles. The molecule has 0 bridgehead atoms. The predicted molar refractivity (Wildman–Crippen MR) is 102 cm³/mol. The molecule has 0 unspecified atom stereocenters. The molecule has 3 rings (SSSR count). The number of rotatable bonds is 4. The van der Waals surface area contributed by atoms with E-state index >= 15 is 0 Å². The van der Waals surface area contributed by atoms with Crippen LogP contribution in [0.15, 0.2) is 24.3 Å². The molecule has 1 saturated heterocycles. The average molecular weight is 332 g/mol. The standard InChI is InChI=1S/C20H33NOSi/c1-19(2,3)23(4,5)22-20(13-8-14-20)17-9-11-18(12-10-17)21-15-6-7-16-21/h9-12H,6-8,13-16H2,1-5H3. The molecule has 0 amide bonds.